The van der Waals surface area contributed by atoms with Crippen LogP contribution in [0.15, 0.2) is 43.0 Å². The average Bonchev–Trinajstić information content (AvgIpc) is 3.46. The van der Waals surface area contributed by atoms with Crippen LogP contribution in [0, 0.1) is 17.3 Å². The van der Waals surface area contributed by atoms with Crippen LogP contribution in [0.2, 0.25) is 0 Å². The largest absolute Gasteiger partial charge is 0.416 e. The second kappa shape index (κ2) is 7.66. The first-order valence-corrected chi connectivity index (χ1v) is 12.7. The molecule has 1 aliphatic carbocycles. The quantitative estimate of drug-likeness (QED) is 0.409. The third-order valence-corrected chi connectivity index (χ3v) is 8.52. The van der Waals surface area contributed by atoms with Crippen LogP contribution in [-0.2, 0) is 22.3 Å². The summed E-state index contributed by atoms with van der Waals surface area (Å²) in [5.41, 5.74) is 1.52. The lowest BCUT2D eigenvalue weighted by molar-refractivity contribution is -0.143. The normalized spacial score (nSPS) is 24.7. The van der Waals surface area contributed by atoms with Gasteiger partial charge in [-0.25, -0.2) is 9.50 Å². The van der Waals surface area contributed by atoms with Crippen molar-refractivity contribution >= 4 is 28.2 Å². The number of hydrogen-bond acceptors (Lipinski definition) is 5. The first kappa shape index (κ1) is 23.4. The summed E-state index contributed by atoms with van der Waals surface area (Å²) in [4.78, 5) is 31.4. The molecule has 2 saturated heterocycles. The lowest BCUT2D eigenvalue weighted by Gasteiger charge is -2.19. The Labute approximate surface area is 215 Å². The van der Waals surface area contributed by atoms with Gasteiger partial charge < -0.3 is 9.88 Å². The van der Waals surface area contributed by atoms with Crippen molar-refractivity contribution < 1.29 is 22.8 Å². The molecule has 3 fully saturated rings. The topological polar surface area (TPSA) is 84.5 Å². The van der Waals surface area contributed by atoms with Crippen LogP contribution < -0.4 is 5.32 Å². The zero-order valence-electron chi connectivity index (χ0n) is 20.8. The molecule has 8 nitrogen and oxygen atoms in total. The number of rotatable bonds is 4. The number of fused-ring (bicyclic) bond motifs is 3. The monoisotopic (exact) mass is 522 g/mol. The maximum absolute atomic E-state index is 13.9. The van der Waals surface area contributed by atoms with Crippen molar-refractivity contribution in [3.63, 3.8) is 0 Å². The van der Waals surface area contributed by atoms with Crippen LogP contribution in [0.4, 0.5) is 13.2 Å². The van der Waals surface area contributed by atoms with Crippen LogP contribution in [0.3, 0.4) is 0 Å². The highest BCUT2D eigenvalue weighted by Crippen LogP contribution is 2.63. The number of likely N-dealkylation sites (tertiary alicyclic amines) is 1. The lowest BCUT2D eigenvalue weighted by Crippen LogP contribution is -2.35. The van der Waals surface area contributed by atoms with Crippen molar-refractivity contribution in [2.24, 2.45) is 17.3 Å². The lowest BCUT2D eigenvalue weighted by atomic mass is 10.0. The van der Waals surface area contributed by atoms with E-state index in [1.807, 2.05) is 24.6 Å². The summed E-state index contributed by atoms with van der Waals surface area (Å²) in [7, 11) is 0. The van der Waals surface area contributed by atoms with Gasteiger partial charge in [0.25, 0.3) is 0 Å². The molecular formula is C27H25F3N6O2. The number of hydrogen-bond donors (Lipinski definition) is 1. The molecule has 38 heavy (non-hydrogen) atoms. The first-order valence-electron chi connectivity index (χ1n) is 12.7. The predicted octanol–water partition coefficient (Wildman–Crippen LogP) is 4.05. The van der Waals surface area contributed by atoms with Gasteiger partial charge in [0, 0.05) is 35.9 Å². The van der Waals surface area contributed by atoms with Crippen LogP contribution >= 0.6 is 0 Å². The fourth-order valence-corrected chi connectivity index (χ4v) is 6.45. The Kier molecular flexibility index (Phi) is 4.71. The maximum atomic E-state index is 13.9. The van der Waals surface area contributed by atoms with Gasteiger partial charge in [-0.1, -0.05) is 13.8 Å². The highest BCUT2D eigenvalue weighted by molar-refractivity contribution is 6.10. The number of benzene rings is 1. The molecule has 0 spiro atoms. The number of alkyl halides is 3. The zero-order valence-corrected chi connectivity index (χ0v) is 20.8. The van der Waals surface area contributed by atoms with E-state index in [1.54, 1.807) is 22.8 Å². The summed E-state index contributed by atoms with van der Waals surface area (Å²) in [6.45, 7) is 5.52. The third kappa shape index (κ3) is 3.27. The van der Waals surface area contributed by atoms with E-state index in [1.165, 1.54) is 17.3 Å². The van der Waals surface area contributed by atoms with Crippen molar-refractivity contribution in [3.8, 4) is 11.3 Å². The maximum Gasteiger partial charge on any atom is 0.416 e. The smallest absolute Gasteiger partial charge is 0.343 e. The van der Waals surface area contributed by atoms with Crippen molar-refractivity contribution in [2.75, 3.05) is 13.1 Å². The number of piperidine rings is 1. The highest BCUT2D eigenvalue weighted by atomic mass is 19.4. The predicted molar refractivity (Wildman–Crippen MR) is 132 cm³/mol. The van der Waals surface area contributed by atoms with Gasteiger partial charge in [-0.15, -0.1) is 0 Å². The molecular weight excluding hydrogens is 497 g/mol. The van der Waals surface area contributed by atoms with Gasteiger partial charge in [0.1, 0.15) is 6.33 Å². The summed E-state index contributed by atoms with van der Waals surface area (Å²) in [6, 6.07) is 5.91. The van der Waals surface area contributed by atoms with E-state index in [9.17, 15) is 22.8 Å². The summed E-state index contributed by atoms with van der Waals surface area (Å²) in [6.07, 6.45) is 1.19. The van der Waals surface area contributed by atoms with Gasteiger partial charge in [-0.2, -0.15) is 18.3 Å². The molecule has 3 aromatic heterocycles. The van der Waals surface area contributed by atoms with E-state index >= 15 is 0 Å². The van der Waals surface area contributed by atoms with E-state index in [0.29, 0.717) is 33.2 Å². The van der Waals surface area contributed by atoms with Gasteiger partial charge in [-0.05, 0) is 48.2 Å². The summed E-state index contributed by atoms with van der Waals surface area (Å²) >= 11 is 0. The number of amides is 2. The number of carbonyl (C=O) groups excluding carboxylic acids is 2. The van der Waals surface area contributed by atoms with Gasteiger partial charge in [0.15, 0.2) is 0 Å². The van der Waals surface area contributed by atoms with Crippen molar-refractivity contribution in [1.29, 1.82) is 0 Å². The van der Waals surface area contributed by atoms with E-state index in [-0.39, 0.29) is 41.7 Å². The van der Waals surface area contributed by atoms with Crippen molar-refractivity contribution in [2.45, 2.75) is 39.0 Å². The molecule has 196 valence electrons. The Bertz CT molecular complexity index is 1620. The zero-order chi connectivity index (χ0) is 26.6. The van der Waals surface area contributed by atoms with Crippen molar-refractivity contribution in [3.05, 3.63) is 54.1 Å². The standard InChI is InChI=1S/C27H25F3N6O2/c1-26(2)20-21(26)25(38)35(24(20)37)11-14-7-19-22(32-13-33-36(19)12-14)18-9-16(27(28,29)30)8-15-4-6-34(23(15)18)17-3-5-31-10-17/h4,6-9,12-13,17,20-21,31H,3,5,10-11H2,1-2H3. The molecule has 4 aromatic rings. The Morgan fingerprint density at radius 1 is 1.13 bits per heavy atom. The molecule has 5 heterocycles. The van der Waals surface area contributed by atoms with E-state index in [2.05, 4.69) is 15.4 Å². The summed E-state index contributed by atoms with van der Waals surface area (Å²) < 4.78 is 45.3. The van der Waals surface area contributed by atoms with Gasteiger partial charge in [-0.3, -0.25) is 14.5 Å². The molecule has 0 radical (unpaired) electrons. The first-order chi connectivity index (χ1) is 18.1. The molecule has 1 saturated carbocycles. The number of imide groups is 1. The average molecular weight is 523 g/mol. The van der Waals surface area contributed by atoms with Crippen LogP contribution in [0.25, 0.3) is 27.7 Å². The van der Waals surface area contributed by atoms with Crippen LogP contribution in [0.1, 0.15) is 37.4 Å². The fourth-order valence-electron chi connectivity index (χ4n) is 6.45. The Balaban J connectivity index is 1.34. The molecule has 3 atom stereocenters. The van der Waals surface area contributed by atoms with Crippen molar-refractivity contribution in [1.82, 2.24) is 29.4 Å². The Morgan fingerprint density at radius 2 is 1.89 bits per heavy atom. The number of nitrogens with zero attached hydrogens (tertiary/aromatic N) is 5. The number of halogens is 3. The molecule has 3 aliphatic rings. The Morgan fingerprint density at radius 3 is 2.58 bits per heavy atom. The molecule has 0 bridgehead atoms. The van der Waals surface area contributed by atoms with Crippen LogP contribution in [0.5, 0.6) is 0 Å². The van der Waals surface area contributed by atoms with E-state index in [0.717, 1.165) is 25.6 Å². The summed E-state index contributed by atoms with van der Waals surface area (Å²) in [5.74, 6) is -0.902. The van der Waals surface area contributed by atoms with Gasteiger partial charge in [0.2, 0.25) is 11.8 Å². The number of aromatic nitrogens is 4. The Hall–Kier alpha value is -3.73. The van der Waals surface area contributed by atoms with Gasteiger partial charge >= 0.3 is 6.18 Å². The minimum Gasteiger partial charge on any atom is -0.343 e. The second-order valence-electron chi connectivity index (χ2n) is 11.2. The number of nitrogens with one attached hydrogen (secondary N) is 1. The second-order valence-corrected chi connectivity index (χ2v) is 11.2. The minimum absolute atomic E-state index is 0.0890. The molecule has 2 amide bonds. The molecule has 1 aromatic carbocycles. The molecule has 11 heteroatoms. The molecule has 1 N–H and O–H groups in total. The van der Waals surface area contributed by atoms with E-state index in [4.69, 9.17) is 0 Å². The highest BCUT2D eigenvalue weighted by Gasteiger charge is 2.72. The molecule has 7 rings (SSSR count). The minimum atomic E-state index is -4.53. The third-order valence-electron chi connectivity index (χ3n) is 8.52. The number of carbonyl (C=O) groups is 2. The van der Waals surface area contributed by atoms with Gasteiger partial charge in [0.05, 0.1) is 40.7 Å². The molecule has 2 aliphatic heterocycles. The molecule has 3 unspecified atom stereocenters. The fraction of sp³-hybridized carbons (Fsp3) is 0.407. The SMILES string of the molecule is CC1(C)C2C(=O)N(Cc3cc4c(-c5cc(C(F)(F)F)cc6ccn(C7CCNC7)c56)ncnn4c3)C(=O)C21. The summed E-state index contributed by atoms with van der Waals surface area (Å²) in [5, 5.41) is 8.07. The van der Waals surface area contributed by atoms with Crippen LogP contribution in [-0.4, -0.2) is 49.0 Å². The van der Waals surface area contributed by atoms with E-state index < -0.39 is 11.7 Å².